The zero-order chi connectivity index (χ0) is 21.0. The van der Waals surface area contributed by atoms with E-state index in [0.29, 0.717) is 35.7 Å². The van der Waals surface area contributed by atoms with Gasteiger partial charge in [-0.25, -0.2) is 0 Å². The van der Waals surface area contributed by atoms with Crippen LogP contribution in [0.5, 0.6) is 0 Å². The van der Waals surface area contributed by atoms with Crippen molar-refractivity contribution >= 4 is 11.8 Å². The Morgan fingerprint density at radius 2 is 1.48 bits per heavy atom. The molecule has 1 fully saturated rings. The van der Waals surface area contributed by atoms with E-state index in [9.17, 15) is 9.59 Å². The molecule has 4 N–H and O–H groups in total. The molecular weight excluding hydrogens is 368 g/mol. The summed E-state index contributed by atoms with van der Waals surface area (Å²) in [5.74, 6) is 0.938. The summed E-state index contributed by atoms with van der Waals surface area (Å²) in [6.45, 7) is 8.86. The Balaban J connectivity index is 1.53. The van der Waals surface area contributed by atoms with Crippen molar-refractivity contribution in [3.8, 4) is 0 Å². The third-order valence-corrected chi connectivity index (χ3v) is 4.97. The van der Waals surface area contributed by atoms with Crippen molar-refractivity contribution in [2.24, 2.45) is 17.8 Å². The Hall–Kier alpha value is -2.64. The van der Waals surface area contributed by atoms with E-state index in [1.54, 1.807) is 12.1 Å². The molecule has 2 heterocycles. The van der Waals surface area contributed by atoms with Gasteiger partial charge in [-0.3, -0.25) is 19.8 Å². The van der Waals surface area contributed by atoms with Crippen molar-refractivity contribution in [2.75, 3.05) is 6.54 Å². The second-order valence-corrected chi connectivity index (χ2v) is 8.88. The van der Waals surface area contributed by atoms with E-state index in [2.05, 4.69) is 58.7 Å². The van der Waals surface area contributed by atoms with Crippen LogP contribution in [0.1, 0.15) is 72.9 Å². The lowest BCUT2D eigenvalue weighted by molar-refractivity contribution is 0.0898. The van der Waals surface area contributed by atoms with E-state index < -0.39 is 0 Å². The van der Waals surface area contributed by atoms with Gasteiger partial charge in [0.15, 0.2) is 0 Å². The largest absolute Gasteiger partial charge is 0.349 e. The van der Waals surface area contributed by atoms with E-state index in [1.807, 2.05) is 0 Å². The summed E-state index contributed by atoms with van der Waals surface area (Å²) in [6, 6.07) is 3.49. The average molecular weight is 401 g/mol. The second kappa shape index (κ2) is 9.24. The number of H-pyrrole nitrogens is 2. The molecule has 8 heteroatoms. The molecule has 29 heavy (non-hydrogen) atoms. The first-order valence-electron chi connectivity index (χ1n) is 10.5. The highest BCUT2D eigenvalue weighted by atomic mass is 16.2. The van der Waals surface area contributed by atoms with Gasteiger partial charge in [-0.15, -0.1) is 0 Å². The summed E-state index contributed by atoms with van der Waals surface area (Å²) in [5, 5.41) is 20.0. The maximum absolute atomic E-state index is 12.6. The molecule has 0 radical (unpaired) electrons. The van der Waals surface area contributed by atoms with Crippen LogP contribution >= 0.6 is 0 Å². The monoisotopic (exact) mass is 400 g/mol. The number of amides is 2. The van der Waals surface area contributed by atoms with Crippen molar-refractivity contribution in [3.05, 3.63) is 34.9 Å². The average Bonchev–Trinajstić information content (AvgIpc) is 3.21. The molecule has 2 aromatic rings. The molecule has 0 bridgehead atoms. The summed E-state index contributed by atoms with van der Waals surface area (Å²) >= 11 is 0. The number of aromatic amines is 2. The van der Waals surface area contributed by atoms with Crippen molar-refractivity contribution in [1.82, 2.24) is 31.0 Å². The molecule has 1 aliphatic carbocycles. The van der Waals surface area contributed by atoms with Gasteiger partial charge in [-0.1, -0.05) is 27.7 Å². The van der Waals surface area contributed by atoms with Crippen LogP contribution in [0.2, 0.25) is 0 Å². The summed E-state index contributed by atoms with van der Waals surface area (Å²) in [5.41, 5.74) is 2.68. The van der Waals surface area contributed by atoms with Gasteiger partial charge >= 0.3 is 0 Å². The molecule has 2 aromatic heterocycles. The number of hydrogen-bond acceptors (Lipinski definition) is 4. The fraction of sp³-hybridized carbons (Fsp3) is 0.619. The van der Waals surface area contributed by atoms with E-state index >= 15 is 0 Å². The smallest absolute Gasteiger partial charge is 0.272 e. The van der Waals surface area contributed by atoms with Crippen LogP contribution in [0.4, 0.5) is 0 Å². The van der Waals surface area contributed by atoms with Gasteiger partial charge in [-0.2, -0.15) is 10.2 Å². The van der Waals surface area contributed by atoms with Crippen LogP contribution in [0.25, 0.3) is 0 Å². The molecule has 0 aromatic carbocycles. The van der Waals surface area contributed by atoms with E-state index in [1.165, 1.54) is 0 Å². The number of nitrogens with one attached hydrogen (secondary N) is 4. The van der Waals surface area contributed by atoms with Crippen molar-refractivity contribution in [2.45, 2.75) is 59.4 Å². The lowest BCUT2D eigenvalue weighted by Crippen LogP contribution is -2.45. The minimum absolute atomic E-state index is 0.106. The van der Waals surface area contributed by atoms with E-state index in [0.717, 1.165) is 37.1 Å². The molecule has 0 spiro atoms. The third kappa shape index (κ3) is 6.17. The Bertz CT molecular complexity index is 834. The standard InChI is InChI=1S/C21H32N6O2/c1-12(2)7-15-9-17(26-24-15)20(28)22-11-19(14-5-6-14)23-21(29)18-10-16(25-27-18)8-13(3)4/h9-10,12-14,19H,5-8,11H2,1-4H3,(H,22,28)(H,23,29)(H,24,26)(H,25,27). The molecule has 8 nitrogen and oxygen atoms in total. The number of nitrogens with zero attached hydrogens (tertiary/aromatic N) is 2. The molecular formula is C21H32N6O2. The fourth-order valence-electron chi connectivity index (χ4n) is 3.41. The number of rotatable bonds is 10. The summed E-state index contributed by atoms with van der Waals surface area (Å²) in [6.07, 6.45) is 3.82. The molecule has 1 unspecified atom stereocenters. The normalized spacial score (nSPS) is 15.0. The topological polar surface area (TPSA) is 116 Å². The van der Waals surface area contributed by atoms with Gasteiger partial charge < -0.3 is 10.6 Å². The van der Waals surface area contributed by atoms with Gasteiger partial charge in [0, 0.05) is 24.0 Å². The van der Waals surface area contributed by atoms with Crippen LogP contribution in [-0.2, 0) is 12.8 Å². The molecule has 1 saturated carbocycles. The van der Waals surface area contributed by atoms with Crippen LogP contribution in [0.15, 0.2) is 12.1 Å². The first-order valence-corrected chi connectivity index (χ1v) is 10.5. The molecule has 0 aliphatic heterocycles. The van der Waals surface area contributed by atoms with Gasteiger partial charge in [0.25, 0.3) is 11.8 Å². The van der Waals surface area contributed by atoms with Gasteiger partial charge in [0.2, 0.25) is 0 Å². The minimum Gasteiger partial charge on any atom is -0.349 e. The predicted molar refractivity (Wildman–Crippen MR) is 111 cm³/mol. The van der Waals surface area contributed by atoms with E-state index in [4.69, 9.17) is 0 Å². The van der Waals surface area contributed by atoms with Crippen LogP contribution in [0, 0.1) is 17.8 Å². The van der Waals surface area contributed by atoms with E-state index in [-0.39, 0.29) is 17.9 Å². The number of carbonyl (C=O) groups excluding carboxylic acids is 2. The zero-order valence-corrected chi connectivity index (χ0v) is 17.7. The molecule has 3 rings (SSSR count). The SMILES string of the molecule is CC(C)Cc1cc(C(=O)NCC(NC(=O)c2cc(CC(C)C)[nH]n2)C2CC2)n[nH]1. The molecule has 0 saturated heterocycles. The number of carbonyl (C=O) groups is 2. The zero-order valence-electron chi connectivity index (χ0n) is 17.7. The van der Waals surface area contributed by atoms with Crippen LogP contribution in [0.3, 0.4) is 0 Å². The van der Waals surface area contributed by atoms with Crippen molar-refractivity contribution in [1.29, 1.82) is 0 Å². The van der Waals surface area contributed by atoms with Crippen LogP contribution in [-0.4, -0.2) is 44.8 Å². The minimum atomic E-state index is -0.227. The van der Waals surface area contributed by atoms with Crippen LogP contribution < -0.4 is 10.6 Å². The van der Waals surface area contributed by atoms with Crippen molar-refractivity contribution in [3.63, 3.8) is 0 Å². The molecule has 1 atom stereocenters. The Labute approximate surface area is 171 Å². The summed E-state index contributed by atoms with van der Waals surface area (Å²) in [7, 11) is 0. The second-order valence-electron chi connectivity index (χ2n) is 8.88. The fourth-order valence-corrected chi connectivity index (χ4v) is 3.41. The molecule has 1 aliphatic rings. The maximum Gasteiger partial charge on any atom is 0.272 e. The third-order valence-electron chi connectivity index (χ3n) is 4.97. The Morgan fingerprint density at radius 3 is 1.97 bits per heavy atom. The Morgan fingerprint density at radius 1 is 0.966 bits per heavy atom. The molecule has 2 amide bonds. The number of hydrogen-bond donors (Lipinski definition) is 4. The van der Waals surface area contributed by atoms with Gasteiger partial charge in [0.1, 0.15) is 11.4 Å². The highest BCUT2D eigenvalue weighted by molar-refractivity contribution is 5.93. The Kier molecular flexibility index (Phi) is 6.71. The first-order chi connectivity index (χ1) is 13.8. The quantitative estimate of drug-likeness (QED) is 0.490. The summed E-state index contributed by atoms with van der Waals surface area (Å²) < 4.78 is 0. The first kappa shape index (κ1) is 21.1. The summed E-state index contributed by atoms with van der Waals surface area (Å²) in [4.78, 5) is 25.0. The predicted octanol–water partition coefficient (Wildman–Crippen LogP) is 2.47. The maximum atomic E-state index is 12.6. The highest BCUT2D eigenvalue weighted by Gasteiger charge is 2.33. The number of aromatic nitrogens is 4. The lowest BCUT2D eigenvalue weighted by Gasteiger charge is -2.18. The van der Waals surface area contributed by atoms with Gasteiger partial charge in [0.05, 0.1) is 0 Å². The lowest BCUT2D eigenvalue weighted by atomic mass is 10.1. The van der Waals surface area contributed by atoms with Crippen molar-refractivity contribution < 1.29 is 9.59 Å². The van der Waals surface area contributed by atoms with Gasteiger partial charge in [-0.05, 0) is 55.6 Å². The molecule has 158 valence electrons. The highest BCUT2D eigenvalue weighted by Crippen LogP contribution is 2.32.